The van der Waals surface area contributed by atoms with Crippen LogP contribution in [0.3, 0.4) is 0 Å². The summed E-state index contributed by atoms with van der Waals surface area (Å²) in [5.74, 6) is -0.841. The molecule has 0 amide bonds. The monoisotopic (exact) mass is 223 g/mol. The highest BCUT2D eigenvalue weighted by atomic mass is 35.5. The molecule has 2 nitrogen and oxygen atoms in total. The van der Waals surface area contributed by atoms with Crippen molar-refractivity contribution in [3.05, 3.63) is 27.5 Å². The predicted octanol–water partition coefficient (Wildman–Crippen LogP) is 2.34. The molecule has 13 heavy (non-hydrogen) atoms. The highest BCUT2D eigenvalue weighted by molar-refractivity contribution is 6.35. The lowest BCUT2D eigenvalue weighted by Gasteiger charge is -2.07. The van der Waals surface area contributed by atoms with Gasteiger partial charge >= 0.3 is 0 Å². The fraction of sp³-hybridized carbons (Fsp3) is 0.250. The molecule has 5 heteroatoms. The van der Waals surface area contributed by atoms with Gasteiger partial charge in [-0.2, -0.15) is 0 Å². The van der Waals surface area contributed by atoms with E-state index in [1.165, 1.54) is 0 Å². The van der Waals surface area contributed by atoms with Gasteiger partial charge in [-0.15, -0.1) is 0 Å². The Morgan fingerprint density at radius 2 is 2.08 bits per heavy atom. The summed E-state index contributed by atoms with van der Waals surface area (Å²) in [6, 6.07) is 0.971. The van der Waals surface area contributed by atoms with E-state index >= 15 is 0 Å². The summed E-state index contributed by atoms with van der Waals surface area (Å²) in [6.07, 6.45) is 0.294. The second-order valence-corrected chi connectivity index (χ2v) is 3.31. The van der Waals surface area contributed by atoms with Crippen molar-refractivity contribution in [3.8, 4) is 5.75 Å². The van der Waals surface area contributed by atoms with E-state index in [0.29, 0.717) is 6.42 Å². The number of hydrogen-bond acceptors (Lipinski definition) is 2. The number of nitrogens with two attached hydrogens (primary N) is 1. The first-order valence-corrected chi connectivity index (χ1v) is 4.39. The Balaban J connectivity index is 3.28. The molecule has 0 spiro atoms. The standard InChI is InChI=1S/C8H8Cl2FNO/c9-5-3-6(11)7(10)4(1-2-12)8(5)13/h3,13H,1-2,12H2. The highest BCUT2D eigenvalue weighted by Crippen LogP contribution is 2.35. The van der Waals surface area contributed by atoms with Gasteiger partial charge in [0.2, 0.25) is 0 Å². The summed E-state index contributed by atoms with van der Waals surface area (Å²) in [7, 11) is 0. The molecule has 0 fully saturated rings. The van der Waals surface area contributed by atoms with Crippen LogP contribution in [0.2, 0.25) is 10.0 Å². The lowest BCUT2D eigenvalue weighted by molar-refractivity contribution is 0.466. The van der Waals surface area contributed by atoms with Crippen molar-refractivity contribution < 1.29 is 9.50 Å². The fourth-order valence-corrected chi connectivity index (χ4v) is 1.46. The first-order valence-electron chi connectivity index (χ1n) is 3.63. The minimum absolute atomic E-state index is 0.0506. The van der Waals surface area contributed by atoms with Crippen LogP contribution in [0.5, 0.6) is 5.75 Å². The van der Waals surface area contributed by atoms with E-state index in [9.17, 15) is 9.50 Å². The zero-order valence-electron chi connectivity index (χ0n) is 6.65. The van der Waals surface area contributed by atoms with Crippen molar-refractivity contribution in [1.82, 2.24) is 0 Å². The Hall–Kier alpha value is -0.510. The molecule has 3 N–H and O–H groups in total. The smallest absolute Gasteiger partial charge is 0.143 e. The largest absolute Gasteiger partial charge is 0.506 e. The van der Waals surface area contributed by atoms with Crippen molar-refractivity contribution in [2.75, 3.05) is 6.54 Å². The quantitative estimate of drug-likeness (QED) is 0.757. The van der Waals surface area contributed by atoms with E-state index in [1.54, 1.807) is 0 Å². The maximum absolute atomic E-state index is 13.0. The Bertz CT molecular complexity index is 304. The van der Waals surface area contributed by atoms with Gasteiger partial charge in [-0.1, -0.05) is 23.2 Å². The molecule has 0 aliphatic carbocycles. The fourth-order valence-electron chi connectivity index (χ4n) is 1.01. The summed E-state index contributed by atoms with van der Waals surface area (Å²) in [4.78, 5) is 0. The molecular weight excluding hydrogens is 216 g/mol. The molecule has 0 unspecified atom stereocenters. The number of rotatable bonds is 2. The first kappa shape index (κ1) is 10.6. The van der Waals surface area contributed by atoms with Crippen molar-refractivity contribution in [2.24, 2.45) is 5.73 Å². The molecule has 0 saturated carbocycles. The molecule has 0 aliphatic heterocycles. The minimum Gasteiger partial charge on any atom is -0.506 e. The van der Waals surface area contributed by atoms with Gasteiger partial charge in [-0.05, 0) is 19.0 Å². The average Bonchev–Trinajstić information content (AvgIpc) is 2.09. The zero-order valence-corrected chi connectivity index (χ0v) is 8.16. The lowest BCUT2D eigenvalue weighted by atomic mass is 10.1. The lowest BCUT2D eigenvalue weighted by Crippen LogP contribution is -2.04. The molecule has 1 aromatic carbocycles. The number of phenolic OH excluding ortho intramolecular Hbond substituents is 1. The van der Waals surface area contributed by atoms with Crippen LogP contribution in [0.1, 0.15) is 5.56 Å². The third kappa shape index (κ3) is 2.05. The summed E-state index contributed by atoms with van der Waals surface area (Å²) in [5.41, 5.74) is 5.52. The number of hydrogen-bond donors (Lipinski definition) is 2. The predicted molar refractivity (Wildman–Crippen MR) is 50.8 cm³/mol. The van der Waals surface area contributed by atoms with Crippen LogP contribution in [0.15, 0.2) is 6.07 Å². The van der Waals surface area contributed by atoms with Crippen molar-refractivity contribution in [3.63, 3.8) is 0 Å². The Labute approximate surface area is 85.1 Å². The van der Waals surface area contributed by atoms with E-state index in [2.05, 4.69) is 0 Å². The molecule has 0 aromatic heterocycles. The molecule has 0 atom stereocenters. The Morgan fingerprint density at radius 1 is 1.46 bits per heavy atom. The number of aromatic hydroxyl groups is 1. The maximum Gasteiger partial charge on any atom is 0.143 e. The minimum atomic E-state index is -0.645. The molecule has 0 heterocycles. The summed E-state index contributed by atoms with van der Waals surface area (Å²) in [5, 5.41) is 9.23. The number of halogens is 3. The number of phenols is 1. The van der Waals surface area contributed by atoms with Gasteiger partial charge in [0.1, 0.15) is 11.6 Å². The van der Waals surface area contributed by atoms with Crippen LogP contribution in [0.4, 0.5) is 4.39 Å². The van der Waals surface area contributed by atoms with Gasteiger partial charge < -0.3 is 10.8 Å². The van der Waals surface area contributed by atoms with E-state index in [-0.39, 0.29) is 27.9 Å². The second-order valence-electron chi connectivity index (χ2n) is 2.52. The van der Waals surface area contributed by atoms with Crippen molar-refractivity contribution in [1.29, 1.82) is 0 Å². The summed E-state index contributed by atoms with van der Waals surface area (Å²) in [6.45, 7) is 0.271. The average molecular weight is 224 g/mol. The normalized spacial score (nSPS) is 10.5. The van der Waals surface area contributed by atoms with E-state index < -0.39 is 5.82 Å². The first-order chi connectivity index (χ1) is 6.07. The van der Waals surface area contributed by atoms with E-state index in [1.807, 2.05) is 0 Å². The van der Waals surface area contributed by atoms with Gasteiger partial charge in [0.25, 0.3) is 0 Å². The molecule has 1 aromatic rings. The maximum atomic E-state index is 13.0. The van der Waals surface area contributed by atoms with E-state index in [0.717, 1.165) is 6.07 Å². The summed E-state index contributed by atoms with van der Waals surface area (Å²) >= 11 is 11.1. The second kappa shape index (κ2) is 4.13. The zero-order chi connectivity index (χ0) is 10.0. The Morgan fingerprint density at radius 3 is 2.62 bits per heavy atom. The Kier molecular flexibility index (Phi) is 3.36. The molecule has 0 radical (unpaired) electrons. The van der Waals surface area contributed by atoms with Crippen LogP contribution in [0, 0.1) is 5.82 Å². The van der Waals surface area contributed by atoms with Crippen LogP contribution < -0.4 is 5.73 Å². The summed E-state index contributed by atoms with van der Waals surface area (Å²) < 4.78 is 13.0. The topological polar surface area (TPSA) is 46.2 Å². The van der Waals surface area contributed by atoms with Crippen LogP contribution in [0.25, 0.3) is 0 Å². The molecule has 1 rings (SSSR count). The molecule has 72 valence electrons. The molecule has 0 bridgehead atoms. The van der Waals surface area contributed by atoms with Gasteiger partial charge in [0.05, 0.1) is 10.0 Å². The third-order valence-electron chi connectivity index (χ3n) is 1.63. The van der Waals surface area contributed by atoms with Gasteiger partial charge in [0, 0.05) is 5.56 Å². The molecule has 0 saturated heterocycles. The van der Waals surface area contributed by atoms with Crippen molar-refractivity contribution in [2.45, 2.75) is 6.42 Å². The van der Waals surface area contributed by atoms with Crippen LogP contribution in [-0.4, -0.2) is 11.7 Å². The van der Waals surface area contributed by atoms with Crippen LogP contribution in [-0.2, 0) is 6.42 Å². The molecule has 0 aliphatic rings. The van der Waals surface area contributed by atoms with Gasteiger partial charge in [0.15, 0.2) is 0 Å². The van der Waals surface area contributed by atoms with Gasteiger partial charge in [-0.25, -0.2) is 4.39 Å². The van der Waals surface area contributed by atoms with Crippen molar-refractivity contribution >= 4 is 23.2 Å². The number of benzene rings is 1. The third-order valence-corrected chi connectivity index (χ3v) is 2.33. The van der Waals surface area contributed by atoms with Gasteiger partial charge in [-0.3, -0.25) is 0 Å². The SMILES string of the molecule is NCCc1c(O)c(Cl)cc(F)c1Cl. The van der Waals surface area contributed by atoms with Crippen LogP contribution >= 0.6 is 23.2 Å². The highest BCUT2D eigenvalue weighted by Gasteiger charge is 2.14. The van der Waals surface area contributed by atoms with E-state index in [4.69, 9.17) is 28.9 Å². The molecular formula is C8H8Cl2FNO.